The summed E-state index contributed by atoms with van der Waals surface area (Å²) in [5, 5.41) is 3.49. The van der Waals surface area contributed by atoms with Crippen molar-refractivity contribution in [3.05, 3.63) is 30.1 Å². The molecule has 4 atom stereocenters. The summed E-state index contributed by atoms with van der Waals surface area (Å²) in [6, 6.07) is 7.66. The fourth-order valence-electron chi connectivity index (χ4n) is 3.91. The van der Waals surface area contributed by atoms with Crippen molar-refractivity contribution in [2.45, 2.75) is 39.7 Å². The van der Waals surface area contributed by atoms with E-state index in [-0.39, 0.29) is 5.82 Å². The average molecular weight is 292 g/mol. The first kappa shape index (κ1) is 16.3. The number of anilines is 1. The molecule has 1 aliphatic rings. The minimum absolute atomic E-state index is 0.114. The normalized spacial score (nSPS) is 29.4. The first-order valence-corrected chi connectivity index (χ1v) is 8.23. The molecule has 0 spiro atoms. The van der Waals surface area contributed by atoms with E-state index in [9.17, 15) is 4.39 Å². The molecule has 1 aliphatic carbocycles. The van der Waals surface area contributed by atoms with Crippen molar-refractivity contribution in [1.82, 2.24) is 5.32 Å². The van der Waals surface area contributed by atoms with Crippen molar-refractivity contribution in [3.8, 4) is 0 Å². The van der Waals surface area contributed by atoms with Crippen LogP contribution in [0.3, 0.4) is 0 Å². The molecule has 0 heterocycles. The molecule has 21 heavy (non-hydrogen) atoms. The number of halogens is 1. The Bertz CT molecular complexity index is 449. The SMILES string of the molecule is CCN(CC1C(C)CC(C)CC1NC)c1ccccc1F. The average Bonchev–Trinajstić information content (AvgIpc) is 2.47. The minimum Gasteiger partial charge on any atom is -0.369 e. The van der Waals surface area contributed by atoms with Crippen molar-refractivity contribution < 1.29 is 4.39 Å². The van der Waals surface area contributed by atoms with Crippen LogP contribution in [-0.4, -0.2) is 26.2 Å². The van der Waals surface area contributed by atoms with Gasteiger partial charge in [0.1, 0.15) is 5.82 Å². The molecule has 1 N–H and O–H groups in total. The smallest absolute Gasteiger partial charge is 0.146 e. The molecule has 0 saturated heterocycles. The van der Waals surface area contributed by atoms with Gasteiger partial charge in [-0.15, -0.1) is 0 Å². The molecule has 1 aromatic carbocycles. The molecular formula is C18H29FN2. The van der Waals surface area contributed by atoms with Gasteiger partial charge in [0.05, 0.1) is 5.69 Å². The van der Waals surface area contributed by atoms with Crippen molar-refractivity contribution in [1.29, 1.82) is 0 Å². The van der Waals surface area contributed by atoms with E-state index < -0.39 is 0 Å². The van der Waals surface area contributed by atoms with Gasteiger partial charge in [0.15, 0.2) is 0 Å². The summed E-state index contributed by atoms with van der Waals surface area (Å²) in [7, 11) is 2.06. The molecule has 0 aliphatic heterocycles. The molecule has 0 radical (unpaired) electrons. The van der Waals surface area contributed by atoms with E-state index in [0.29, 0.717) is 17.9 Å². The Morgan fingerprint density at radius 2 is 1.95 bits per heavy atom. The number of rotatable bonds is 5. The molecule has 0 amide bonds. The van der Waals surface area contributed by atoms with Crippen LogP contribution in [0.5, 0.6) is 0 Å². The van der Waals surface area contributed by atoms with Crippen LogP contribution < -0.4 is 10.2 Å². The minimum atomic E-state index is -0.114. The summed E-state index contributed by atoms with van der Waals surface area (Å²) < 4.78 is 14.1. The van der Waals surface area contributed by atoms with Crippen LogP contribution >= 0.6 is 0 Å². The van der Waals surface area contributed by atoms with Gasteiger partial charge in [-0.05, 0) is 56.7 Å². The van der Waals surface area contributed by atoms with E-state index in [2.05, 4.69) is 38.0 Å². The number of para-hydroxylation sites is 1. The second-order valence-electron chi connectivity index (χ2n) is 6.60. The Morgan fingerprint density at radius 3 is 2.57 bits per heavy atom. The molecule has 3 heteroatoms. The number of nitrogens with one attached hydrogen (secondary N) is 1. The predicted molar refractivity (Wildman–Crippen MR) is 88.2 cm³/mol. The lowest BCUT2D eigenvalue weighted by molar-refractivity contribution is 0.157. The van der Waals surface area contributed by atoms with Gasteiger partial charge in [-0.3, -0.25) is 0 Å². The van der Waals surface area contributed by atoms with E-state index in [4.69, 9.17) is 0 Å². The number of hydrogen-bond acceptors (Lipinski definition) is 2. The summed E-state index contributed by atoms with van der Waals surface area (Å²) in [4.78, 5) is 2.19. The van der Waals surface area contributed by atoms with Crippen molar-refractivity contribution >= 4 is 5.69 Å². The van der Waals surface area contributed by atoms with Crippen molar-refractivity contribution in [2.75, 3.05) is 25.0 Å². The molecule has 1 aromatic rings. The lowest BCUT2D eigenvalue weighted by atomic mass is 9.72. The molecule has 118 valence electrons. The van der Waals surface area contributed by atoms with E-state index in [0.717, 1.165) is 24.7 Å². The quantitative estimate of drug-likeness (QED) is 0.885. The molecule has 1 saturated carbocycles. The Kier molecular flexibility index (Phi) is 5.63. The molecule has 2 rings (SSSR count). The second-order valence-corrected chi connectivity index (χ2v) is 6.60. The lowest BCUT2D eigenvalue weighted by Gasteiger charge is -2.42. The first-order chi connectivity index (χ1) is 10.1. The topological polar surface area (TPSA) is 15.3 Å². The van der Waals surface area contributed by atoms with Crippen molar-refractivity contribution in [3.63, 3.8) is 0 Å². The summed E-state index contributed by atoms with van der Waals surface area (Å²) in [6.45, 7) is 8.56. The zero-order valence-corrected chi connectivity index (χ0v) is 13.8. The summed E-state index contributed by atoms with van der Waals surface area (Å²) in [6.07, 6.45) is 2.50. The van der Waals surface area contributed by atoms with Crippen molar-refractivity contribution in [2.24, 2.45) is 17.8 Å². The summed E-state index contributed by atoms with van der Waals surface area (Å²) in [5.74, 6) is 1.91. The van der Waals surface area contributed by atoms with Crippen LogP contribution in [-0.2, 0) is 0 Å². The van der Waals surface area contributed by atoms with Gasteiger partial charge in [0.2, 0.25) is 0 Å². The zero-order chi connectivity index (χ0) is 15.4. The largest absolute Gasteiger partial charge is 0.369 e. The molecule has 2 nitrogen and oxygen atoms in total. The standard InChI is InChI=1S/C18H29FN2/c1-5-21(18-9-7-6-8-16(18)19)12-15-14(3)10-13(2)11-17(15)20-4/h6-9,13-15,17,20H,5,10-12H2,1-4H3. The number of benzene rings is 1. The lowest BCUT2D eigenvalue weighted by Crippen LogP contribution is -2.48. The van der Waals surface area contributed by atoms with Gasteiger partial charge in [-0.25, -0.2) is 4.39 Å². The van der Waals surface area contributed by atoms with E-state index in [1.54, 1.807) is 12.1 Å². The van der Waals surface area contributed by atoms with E-state index >= 15 is 0 Å². The van der Waals surface area contributed by atoms with Crippen LogP contribution in [0.4, 0.5) is 10.1 Å². The Morgan fingerprint density at radius 1 is 1.24 bits per heavy atom. The van der Waals surface area contributed by atoms with Crippen LogP contribution in [0, 0.1) is 23.6 Å². The van der Waals surface area contributed by atoms with E-state index in [1.165, 1.54) is 12.8 Å². The maximum absolute atomic E-state index is 14.1. The number of hydrogen-bond donors (Lipinski definition) is 1. The Balaban J connectivity index is 2.15. The van der Waals surface area contributed by atoms with Gasteiger partial charge in [-0.2, -0.15) is 0 Å². The fourth-order valence-corrected chi connectivity index (χ4v) is 3.91. The number of nitrogens with zero attached hydrogens (tertiary/aromatic N) is 1. The highest BCUT2D eigenvalue weighted by Gasteiger charge is 2.34. The van der Waals surface area contributed by atoms with Crippen LogP contribution in [0.25, 0.3) is 0 Å². The van der Waals surface area contributed by atoms with Gasteiger partial charge in [0.25, 0.3) is 0 Å². The van der Waals surface area contributed by atoms with Gasteiger partial charge in [0, 0.05) is 19.1 Å². The highest BCUT2D eigenvalue weighted by molar-refractivity contribution is 5.47. The Labute approximate surface area is 128 Å². The summed E-state index contributed by atoms with van der Waals surface area (Å²) >= 11 is 0. The zero-order valence-electron chi connectivity index (χ0n) is 13.8. The molecular weight excluding hydrogens is 263 g/mol. The molecule has 0 aromatic heterocycles. The highest BCUT2D eigenvalue weighted by atomic mass is 19.1. The fraction of sp³-hybridized carbons (Fsp3) is 0.667. The first-order valence-electron chi connectivity index (χ1n) is 8.23. The van der Waals surface area contributed by atoms with Crippen LogP contribution in [0.1, 0.15) is 33.6 Å². The van der Waals surface area contributed by atoms with Crippen LogP contribution in [0.2, 0.25) is 0 Å². The maximum atomic E-state index is 14.1. The third kappa shape index (κ3) is 3.76. The molecule has 0 bridgehead atoms. The van der Waals surface area contributed by atoms with Gasteiger partial charge in [-0.1, -0.05) is 26.0 Å². The summed E-state index contributed by atoms with van der Waals surface area (Å²) in [5.41, 5.74) is 0.737. The Hall–Kier alpha value is -1.09. The molecule has 1 fully saturated rings. The van der Waals surface area contributed by atoms with Crippen LogP contribution in [0.15, 0.2) is 24.3 Å². The predicted octanol–water partition coefficient (Wildman–Crippen LogP) is 3.92. The third-order valence-corrected chi connectivity index (χ3v) is 5.06. The van der Waals surface area contributed by atoms with E-state index in [1.807, 2.05) is 12.1 Å². The van der Waals surface area contributed by atoms with Gasteiger partial charge < -0.3 is 10.2 Å². The molecule has 4 unspecified atom stereocenters. The monoisotopic (exact) mass is 292 g/mol. The maximum Gasteiger partial charge on any atom is 0.146 e. The third-order valence-electron chi connectivity index (χ3n) is 5.06. The second kappa shape index (κ2) is 7.26. The van der Waals surface area contributed by atoms with Gasteiger partial charge >= 0.3 is 0 Å². The highest BCUT2D eigenvalue weighted by Crippen LogP contribution is 2.35.